The molecule has 0 saturated carbocycles. The fourth-order valence-electron chi connectivity index (χ4n) is 1.88. The maximum atomic E-state index is 12.2. The molecule has 1 N–H and O–H groups in total. The van der Waals surface area contributed by atoms with Gasteiger partial charge in [0, 0.05) is 11.1 Å². The molecule has 0 aliphatic heterocycles. The summed E-state index contributed by atoms with van der Waals surface area (Å²) in [6.07, 6.45) is 1.51. The molecule has 0 atom stereocenters. The number of nitrogens with zero attached hydrogens (tertiary/aromatic N) is 2. The Morgan fingerprint density at radius 3 is 2.70 bits per heavy atom. The van der Waals surface area contributed by atoms with E-state index in [9.17, 15) is 10.1 Å². The molecule has 0 aliphatic rings. The highest BCUT2D eigenvalue weighted by molar-refractivity contribution is 7.20. The van der Waals surface area contributed by atoms with Crippen LogP contribution in [0.1, 0.15) is 5.69 Å². The van der Waals surface area contributed by atoms with Crippen molar-refractivity contribution >= 4 is 40.3 Å². The van der Waals surface area contributed by atoms with Gasteiger partial charge >= 0.3 is 0 Å². The van der Waals surface area contributed by atoms with E-state index in [2.05, 4.69) is 10.3 Å². The number of hydrogen-bond donors (Lipinski definition) is 1. The quantitative estimate of drug-likeness (QED) is 0.566. The smallest absolute Gasteiger partial charge is 0.266 e. The zero-order valence-corrected chi connectivity index (χ0v) is 13.5. The number of nitrogens with one attached hydrogen (secondary N) is 1. The van der Waals surface area contributed by atoms with Gasteiger partial charge in [-0.1, -0.05) is 24.3 Å². The van der Waals surface area contributed by atoms with Crippen LogP contribution in [-0.2, 0) is 4.79 Å². The molecule has 0 spiro atoms. The minimum absolute atomic E-state index is 0.0249. The molecule has 0 bridgehead atoms. The van der Waals surface area contributed by atoms with Gasteiger partial charge in [-0.3, -0.25) is 4.79 Å². The van der Waals surface area contributed by atoms with Gasteiger partial charge in [-0.15, -0.1) is 22.7 Å². The van der Waals surface area contributed by atoms with E-state index in [1.54, 1.807) is 23.5 Å². The molecular formula is C17H11N3OS2. The molecule has 3 aromatic rings. The Hall–Kier alpha value is -2.75. The second-order valence-electron chi connectivity index (χ2n) is 4.54. The van der Waals surface area contributed by atoms with Crippen molar-refractivity contribution in [2.24, 2.45) is 0 Å². The van der Waals surface area contributed by atoms with E-state index in [4.69, 9.17) is 0 Å². The predicted molar refractivity (Wildman–Crippen MR) is 94.1 cm³/mol. The van der Waals surface area contributed by atoms with Crippen LogP contribution in [0.15, 0.2) is 58.8 Å². The number of anilines is 1. The number of thiophene rings is 1. The summed E-state index contributed by atoms with van der Waals surface area (Å²) >= 11 is 3.09. The first-order valence-electron chi connectivity index (χ1n) is 6.74. The highest BCUT2D eigenvalue weighted by Gasteiger charge is 2.11. The number of thiazole rings is 1. The lowest BCUT2D eigenvalue weighted by atomic mass is 10.2. The Labute approximate surface area is 141 Å². The fourth-order valence-corrected chi connectivity index (χ4v) is 3.47. The number of aromatic nitrogens is 1. The minimum atomic E-state index is -0.440. The molecule has 0 aliphatic carbocycles. The van der Waals surface area contributed by atoms with Gasteiger partial charge in [0.05, 0.1) is 10.6 Å². The molecule has 1 amide bonds. The second-order valence-corrected chi connectivity index (χ2v) is 6.35. The average Bonchev–Trinajstić information content (AvgIpc) is 3.24. The van der Waals surface area contributed by atoms with Crippen molar-refractivity contribution in [1.29, 1.82) is 5.26 Å². The van der Waals surface area contributed by atoms with Crippen molar-refractivity contribution in [1.82, 2.24) is 4.98 Å². The van der Waals surface area contributed by atoms with Gasteiger partial charge in [0.1, 0.15) is 16.6 Å². The number of rotatable bonds is 4. The third-order valence-corrected chi connectivity index (χ3v) is 4.84. The zero-order valence-electron chi connectivity index (χ0n) is 11.9. The lowest BCUT2D eigenvalue weighted by molar-refractivity contribution is -0.112. The summed E-state index contributed by atoms with van der Waals surface area (Å²) in [4.78, 5) is 17.7. The number of nitriles is 1. The van der Waals surface area contributed by atoms with Crippen LogP contribution in [0.2, 0.25) is 0 Å². The van der Waals surface area contributed by atoms with Gasteiger partial charge in [-0.05, 0) is 29.7 Å². The maximum absolute atomic E-state index is 12.2. The second kappa shape index (κ2) is 7.01. The largest absolute Gasteiger partial charge is 0.321 e. The molecule has 3 rings (SSSR count). The predicted octanol–water partition coefficient (Wildman–Crippen LogP) is 4.42. The van der Waals surface area contributed by atoms with E-state index in [0.29, 0.717) is 11.4 Å². The van der Waals surface area contributed by atoms with Crippen molar-refractivity contribution in [3.63, 3.8) is 0 Å². The molecule has 2 heterocycles. The summed E-state index contributed by atoms with van der Waals surface area (Å²) in [5.41, 5.74) is 1.28. The summed E-state index contributed by atoms with van der Waals surface area (Å²) in [6, 6.07) is 14.9. The van der Waals surface area contributed by atoms with E-state index in [1.807, 2.05) is 47.2 Å². The molecular weight excluding hydrogens is 326 g/mol. The van der Waals surface area contributed by atoms with Gasteiger partial charge in [-0.25, -0.2) is 4.98 Å². The summed E-state index contributed by atoms with van der Waals surface area (Å²) in [7, 11) is 0. The third kappa shape index (κ3) is 3.72. The number of carbonyl (C=O) groups excluding carboxylic acids is 1. The average molecular weight is 337 g/mol. The standard InChI is InChI=1S/C17H11N3OS2/c18-10-12(16(21)19-13-5-2-1-3-6-13)9-14-11-23-17(20-14)15-7-4-8-22-15/h1-9,11H,(H,19,21)/b12-9-. The molecule has 0 fully saturated rings. The first kappa shape index (κ1) is 15.2. The molecule has 0 unspecified atom stereocenters. The maximum Gasteiger partial charge on any atom is 0.266 e. The Morgan fingerprint density at radius 1 is 1.17 bits per heavy atom. The normalized spacial score (nSPS) is 11.0. The van der Waals surface area contributed by atoms with Crippen LogP contribution >= 0.6 is 22.7 Å². The SMILES string of the molecule is N#C/C(=C/c1csc(-c2cccs2)n1)C(=O)Nc1ccccc1. The van der Waals surface area contributed by atoms with Crippen LogP contribution in [0.25, 0.3) is 16.0 Å². The van der Waals surface area contributed by atoms with Gasteiger partial charge in [0.15, 0.2) is 0 Å². The Kier molecular flexibility index (Phi) is 4.62. The molecule has 4 nitrogen and oxygen atoms in total. The fraction of sp³-hybridized carbons (Fsp3) is 0. The molecule has 23 heavy (non-hydrogen) atoms. The van der Waals surface area contributed by atoms with Crippen LogP contribution in [0.3, 0.4) is 0 Å². The van der Waals surface area contributed by atoms with Crippen molar-refractivity contribution in [3.05, 3.63) is 64.5 Å². The summed E-state index contributed by atoms with van der Waals surface area (Å²) in [5, 5.41) is 16.6. The number of carbonyl (C=O) groups is 1. The first-order chi connectivity index (χ1) is 11.3. The Balaban J connectivity index is 1.79. The van der Waals surface area contributed by atoms with Crippen LogP contribution in [0.5, 0.6) is 0 Å². The summed E-state index contributed by atoms with van der Waals surface area (Å²) in [5.74, 6) is -0.440. The van der Waals surface area contributed by atoms with Crippen molar-refractivity contribution < 1.29 is 4.79 Å². The van der Waals surface area contributed by atoms with Crippen molar-refractivity contribution in [2.45, 2.75) is 0 Å². The van der Waals surface area contributed by atoms with Crippen molar-refractivity contribution in [3.8, 4) is 16.0 Å². The van der Waals surface area contributed by atoms with E-state index in [-0.39, 0.29) is 5.57 Å². The minimum Gasteiger partial charge on any atom is -0.321 e. The molecule has 6 heteroatoms. The number of benzene rings is 1. The van der Waals surface area contributed by atoms with Crippen LogP contribution < -0.4 is 5.32 Å². The summed E-state index contributed by atoms with van der Waals surface area (Å²) in [6.45, 7) is 0. The Morgan fingerprint density at radius 2 is 2.00 bits per heavy atom. The highest BCUT2D eigenvalue weighted by Crippen LogP contribution is 2.28. The Bertz CT molecular complexity index is 874. The highest BCUT2D eigenvalue weighted by atomic mass is 32.1. The third-order valence-electron chi connectivity index (χ3n) is 2.94. The molecule has 112 valence electrons. The zero-order chi connectivity index (χ0) is 16.1. The van der Waals surface area contributed by atoms with Crippen LogP contribution in [0, 0.1) is 11.3 Å². The number of para-hydroxylation sites is 1. The van der Waals surface area contributed by atoms with E-state index in [0.717, 1.165) is 9.88 Å². The lowest BCUT2D eigenvalue weighted by Crippen LogP contribution is -2.13. The van der Waals surface area contributed by atoms with Crippen LogP contribution in [-0.4, -0.2) is 10.9 Å². The monoisotopic (exact) mass is 337 g/mol. The van der Waals surface area contributed by atoms with Crippen LogP contribution in [0.4, 0.5) is 5.69 Å². The summed E-state index contributed by atoms with van der Waals surface area (Å²) < 4.78 is 0. The van der Waals surface area contributed by atoms with E-state index < -0.39 is 5.91 Å². The molecule has 1 aromatic carbocycles. The van der Waals surface area contributed by atoms with Gasteiger partial charge in [-0.2, -0.15) is 5.26 Å². The van der Waals surface area contributed by atoms with E-state index in [1.165, 1.54) is 17.4 Å². The number of hydrogen-bond acceptors (Lipinski definition) is 5. The van der Waals surface area contributed by atoms with Gasteiger partial charge in [0.25, 0.3) is 5.91 Å². The number of amides is 1. The van der Waals surface area contributed by atoms with Gasteiger partial charge in [0.2, 0.25) is 0 Å². The lowest BCUT2D eigenvalue weighted by Gasteiger charge is -2.02. The molecule has 0 radical (unpaired) electrons. The first-order valence-corrected chi connectivity index (χ1v) is 8.50. The van der Waals surface area contributed by atoms with Gasteiger partial charge < -0.3 is 5.32 Å². The molecule has 0 saturated heterocycles. The molecule has 2 aromatic heterocycles. The van der Waals surface area contributed by atoms with Crippen molar-refractivity contribution in [2.75, 3.05) is 5.32 Å². The topological polar surface area (TPSA) is 65.8 Å². The van der Waals surface area contributed by atoms with E-state index >= 15 is 0 Å².